The maximum atomic E-state index is 11.6. The molecule has 1 aliphatic rings. The summed E-state index contributed by atoms with van der Waals surface area (Å²) >= 11 is 0. The molecular formula is C15H21NO2. The fourth-order valence-electron chi connectivity index (χ4n) is 2.55. The average molecular weight is 247 g/mol. The van der Waals surface area contributed by atoms with Crippen molar-refractivity contribution in [3.05, 3.63) is 29.8 Å². The molecule has 0 amide bonds. The van der Waals surface area contributed by atoms with Gasteiger partial charge >= 0.3 is 0 Å². The Morgan fingerprint density at radius 2 is 2.00 bits per heavy atom. The second-order valence-corrected chi connectivity index (χ2v) is 4.72. The summed E-state index contributed by atoms with van der Waals surface area (Å²) in [7, 11) is 0. The van der Waals surface area contributed by atoms with E-state index in [2.05, 4.69) is 4.90 Å². The molecule has 0 radical (unpaired) electrons. The summed E-state index contributed by atoms with van der Waals surface area (Å²) in [6.07, 6.45) is 2.47. The van der Waals surface area contributed by atoms with Crippen LogP contribution in [0.15, 0.2) is 24.3 Å². The molecule has 0 atom stereocenters. The molecule has 1 aromatic carbocycles. The lowest BCUT2D eigenvalue weighted by atomic mass is 10.0. The van der Waals surface area contributed by atoms with Crippen LogP contribution in [-0.4, -0.2) is 31.6 Å². The zero-order valence-electron chi connectivity index (χ0n) is 11.2. The number of hydrogen-bond acceptors (Lipinski definition) is 3. The third-order valence-electron chi connectivity index (χ3n) is 3.47. The predicted octanol–water partition coefficient (Wildman–Crippen LogP) is 2.89. The predicted molar refractivity (Wildman–Crippen MR) is 73.3 cm³/mol. The van der Waals surface area contributed by atoms with Crippen LogP contribution < -0.4 is 4.90 Å². The first kappa shape index (κ1) is 13.1. The van der Waals surface area contributed by atoms with E-state index >= 15 is 0 Å². The lowest BCUT2D eigenvalue weighted by Gasteiger charge is -2.34. The lowest BCUT2D eigenvalue weighted by molar-refractivity contribution is 0.0459. The highest BCUT2D eigenvalue weighted by Crippen LogP contribution is 2.25. The molecule has 0 bridgehead atoms. The maximum Gasteiger partial charge on any atom is 0.161 e. The molecule has 0 aliphatic carbocycles. The van der Waals surface area contributed by atoms with Gasteiger partial charge in [-0.1, -0.05) is 12.1 Å². The van der Waals surface area contributed by atoms with Crippen molar-refractivity contribution in [2.24, 2.45) is 0 Å². The van der Waals surface area contributed by atoms with Gasteiger partial charge in [-0.25, -0.2) is 0 Å². The Balaban J connectivity index is 2.07. The van der Waals surface area contributed by atoms with Gasteiger partial charge in [-0.2, -0.15) is 0 Å². The third-order valence-corrected chi connectivity index (χ3v) is 3.47. The van der Waals surface area contributed by atoms with Crippen molar-refractivity contribution in [2.75, 3.05) is 24.6 Å². The fourth-order valence-corrected chi connectivity index (χ4v) is 2.55. The van der Waals surface area contributed by atoms with Crippen molar-refractivity contribution in [1.29, 1.82) is 0 Å². The summed E-state index contributed by atoms with van der Waals surface area (Å²) in [5.41, 5.74) is 1.90. The van der Waals surface area contributed by atoms with E-state index in [1.165, 1.54) is 0 Å². The minimum absolute atomic E-state index is 0.137. The van der Waals surface area contributed by atoms with Crippen LogP contribution in [0.25, 0.3) is 0 Å². The van der Waals surface area contributed by atoms with E-state index in [0.717, 1.165) is 43.8 Å². The zero-order chi connectivity index (χ0) is 13.0. The number of ether oxygens (including phenoxy) is 1. The highest BCUT2D eigenvalue weighted by molar-refractivity contribution is 5.99. The highest BCUT2D eigenvalue weighted by atomic mass is 16.5. The van der Waals surface area contributed by atoms with Gasteiger partial charge in [0, 0.05) is 30.9 Å². The topological polar surface area (TPSA) is 29.5 Å². The number of anilines is 1. The molecule has 1 heterocycles. The molecule has 1 saturated heterocycles. The zero-order valence-corrected chi connectivity index (χ0v) is 11.2. The number of carbonyl (C=O) groups is 1. The number of rotatable bonds is 4. The molecule has 18 heavy (non-hydrogen) atoms. The molecule has 1 aliphatic heterocycles. The number of ketones is 1. The Bertz CT molecular complexity index is 409. The summed E-state index contributed by atoms with van der Waals surface area (Å²) in [4.78, 5) is 13.9. The molecule has 98 valence electrons. The maximum absolute atomic E-state index is 11.6. The first-order valence-corrected chi connectivity index (χ1v) is 6.69. The van der Waals surface area contributed by atoms with Crippen molar-refractivity contribution < 1.29 is 9.53 Å². The van der Waals surface area contributed by atoms with E-state index in [9.17, 15) is 4.79 Å². The Kier molecular flexibility index (Phi) is 4.37. The van der Waals surface area contributed by atoms with Crippen LogP contribution >= 0.6 is 0 Å². The van der Waals surface area contributed by atoms with Gasteiger partial charge in [0.05, 0.1) is 6.10 Å². The molecule has 0 unspecified atom stereocenters. The van der Waals surface area contributed by atoms with E-state index in [4.69, 9.17) is 4.74 Å². The van der Waals surface area contributed by atoms with Crippen LogP contribution in [-0.2, 0) is 4.74 Å². The quantitative estimate of drug-likeness (QED) is 0.766. The summed E-state index contributed by atoms with van der Waals surface area (Å²) in [6, 6.07) is 7.87. The van der Waals surface area contributed by atoms with E-state index < -0.39 is 0 Å². The molecule has 2 rings (SSSR count). The second kappa shape index (κ2) is 6.01. The van der Waals surface area contributed by atoms with Gasteiger partial charge in [-0.05, 0) is 38.8 Å². The van der Waals surface area contributed by atoms with Crippen molar-refractivity contribution >= 4 is 11.5 Å². The van der Waals surface area contributed by atoms with E-state index in [-0.39, 0.29) is 5.78 Å². The van der Waals surface area contributed by atoms with Gasteiger partial charge in [0.25, 0.3) is 0 Å². The number of carbonyl (C=O) groups excluding carboxylic acids is 1. The van der Waals surface area contributed by atoms with Crippen LogP contribution in [0.3, 0.4) is 0 Å². The Morgan fingerprint density at radius 1 is 1.33 bits per heavy atom. The number of piperidine rings is 1. The lowest BCUT2D eigenvalue weighted by Crippen LogP contribution is -2.37. The van der Waals surface area contributed by atoms with E-state index in [1.54, 1.807) is 6.92 Å². The SMILES string of the molecule is CCOC1CCN(c2ccccc2C(C)=O)CC1. The Labute approximate surface area is 109 Å². The van der Waals surface area contributed by atoms with Crippen LogP contribution in [0, 0.1) is 0 Å². The molecule has 1 fully saturated rings. The number of Topliss-reactive ketones (excluding diaryl/α,β-unsaturated/α-hetero) is 1. The van der Waals surface area contributed by atoms with E-state index in [1.807, 2.05) is 31.2 Å². The summed E-state index contributed by atoms with van der Waals surface area (Å²) in [6.45, 7) is 6.39. The Morgan fingerprint density at radius 3 is 2.61 bits per heavy atom. The van der Waals surface area contributed by atoms with Crippen LogP contribution in [0.5, 0.6) is 0 Å². The second-order valence-electron chi connectivity index (χ2n) is 4.72. The third kappa shape index (κ3) is 2.91. The first-order chi connectivity index (χ1) is 8.72. The van der Waals surface area contributed by atoms with Gasteiger partial charge in [0.2, 0.25) is 0 Å². The molecular weight excluding hydrogens is 226 g/mol. The molecule has 0 saturated carbocycles. The molecule has 0 aromatic heterocycles. The van der Waals surface area contributed by atoms with Crippen LogP contribution in [0.2, 0.25) is 0 Å². The van der Waals surface area contributed by atoms with Crippen molar-refractivity contribution in [3.63, 3.8) is 0 Å². The van der Waals surface area contributed by atoms with E-state index in [0.29, 0.717) is 6.10 Å². The molecule has 0 spiro atoms. The van der Waals surface area contributed by atoms with Gasteiger partial charge < -0.3 is 9.64 Å². The summed E-state index contributed by atoms with van der Waals surface area (Å²) < 4.78 is 5.65. The van der Waals surface area contributed by atoms with Crippen molar-refractivity contribution in [2.45, 2.75) is 32.8 Å². The standard InChI is InChI=1S/C15H21NO2/c1-3-18-13-8-10-16(11-9-13)15-7-5-4-6-14(15)12(2)17/h4-7,13H,3,8-11H2,1-2H3. The highest BCUT2D eigenvalue weighted by Gasteiger charge is 2.21. The smallest absolute Gasteiger partial charge is 0.161 e. The average Bonchev–Trinajstić information content (AvgIpc) is 2.40. The summed E-state index contributed by atoms with van der Waals surface area (Å²) in [5, 5.41) is 0. The van der Waals surface area contributed by atoms with Crippen LogP contribution in [0.4, 0.5) is 5.69 Å². The van der Waals surface area contributed by atoms with Gasteiger partial charge in [0.15, 0.2) is 5.78 Å². The number of nitrogens with zero attached hydrogens (tertiary/aromatic N) is 1. The largest absolute Gasteiger partial charge is 0.378 e. The molecule has 3 nitrogen and oxygen atoms in total. The van der Waals surface area contributed by atoms with Crippen molar-refractivity contribution in [1.82, 2.24) is 0 Å². The number of benzene rings is 1. The molecule has 3 heteroatoms. The number of para-hydroxylation sites is 1. The normalized spacial score (nSPS) is 16.9. The van der Waals surface area contributed by atoms with Crippen molar-refractivity contribution in [3.8, 4) is 0 Å². The first-order valence-electron chi connectivity index (χ1n) is 6.69. The molecule has 1 aromatic rings. The van der Waals surface area contributed by atoms with Gasteiger partial charge in [-0.3, -0.25) is 4.79 Å². The molecule has 0 N–H and O–H groups in total. The van der Waals surface area contributed by atoms with Gasteiger partial charge in [-0.15, -0.1) is 0 Å². The monoisotopic (exact) mass is 247 g/mol. The van der Waals surface area contributed by atoms with Gasteiger partial charge in [0.1, 0.15) is 0 Å². The van der Waals surface area contributed by atoms with Crippen LogP contribution in [0.1, 0.15) is 37.0 Å². The summed E-state index contributed by atoms with van der Waals surface area (Å²) in [5.74, 6) is 0.137. The minimum atomic E-state index is 0.137. The Hall–Kier alpha value is -1.35. The fraction of sp³-hybridized carbons (Fsp3) is 0.533. The number of hydrogen-bond donors (Lipinski definition) is 0. The minimum Gasteiger partial charge on any atom is -0.378 e.